The third kappa shape index (κ3) is 3.92. The van der Waals surface area contributed by atoms with Crippen molar-refractivity contribution in [2.45, 2.75) is 24.4 Å². The topological polar surface area (TPSA) is 128 Å². The van der Waals surface area contributed by atoms with Gasteiger partial charge >= 0.3 is 0 Å². The number of aromatic nitrogens is 3. The van der Waals surface area contributed by atoms with E-state index in [1.165, 1.54) is 17.0 Å². The van der Waals surface area contributed by atoms with Gasteiger partial charge in [-0.1, -0.05) is 29.5 Å². The average molecular weight is 401 g/mol. The van der Waals surface area contributed by atoms with Crippen LogP contribution in [0.2, 0.25) is 0 Å². The number of nitrogens with two attached hydrogens (primary N) is 1. The predicted octanol–water partition coefficient (Wildman–Crippen LogP) is 0.658. The standard InChI is InChI=1S/C18H19N5O4S/c1-12(13-6-5-7-14(10-13)28(19,26)27)22(2)17(24)11-23-18(25)15-8-3-4-9-16(15)20-21-23/h3-10,12H,11H2,1-2H3,(H2,19,26,27). The Balaban J connectivity index is 1.83. The molecule has 0 bridgehead atoms. The van der Waals surface area contributed by atoms with Crippen LogP contribution in [0.15, 0.2) is 58.2 Å². The highest BCUT2D eigenvalue weighted by atomic mass is 32.2. The van der Waals surface area contributed by atoms with Crippen LogP contribution in [0.1, 0.15) is 18.5 Å². The average Bonchev–Trinajstić information content (AvgIpc) is 2.68. The van der Waals surface area contributed by atoms with Gasteiger partial charge in [0.25, 0.3) is 5.56 Å². The summed E-state index contributed by atoms with van der Waals surface area (Å²) in [6, 6.07) is 12.4. The minimum absolute atomic E-state index is 0.0330. The molecule has 2 N–H and O–H groups in total. The molecule has 1 heterocycles. The fourth-order valence-electron chi connectivity index (χ4n) is 2.76. The van der Waals surface area contributed by atoms with Crippen LogP contribution in [0.5, 0.6) is 0 Å². The minimum Gasteiger partial charge on any atom is -0.337 e. The van der Waals surface area contributed by atoms with Crippen LogP contribution in [0, 0.1) is 0 Å². The number of primary sulfonamides is 1. The van der Waals surface area contributed by atoms with Crippen LogP contribution >= 0.6 is 0 Å². The molecule has 1 atom stereocenters. The molecule has 2 aromatic carbocycles. The number of amides is 1. The van der Waals surface area contributed by atoms with Gasteiger partial charge in [0.1, 0.15) is 12.1 Å². The van der Waals surface area contributed by atoms with Crippen molar-refractivity contribution in [1.29, 1.82) is 0 Å². The normalized spacial score (nSPS) is 12.7. The lowest BCUT2D eigenvalue weighted by Crippen LogP contribution is -2.36. The molecule has 146 valence electrons. The van der Waals surface area contributed by atoms with Gasteiger partial charge in [-0.2, -0.15) is 0 Å². The maximum absolute atomic E-state index is 12.7. The van der Waals surface area contributed by atoms with Crippen molar-refractivity contribution in [3.8, 4) is 0 Å². The Kier molecular flexibility index (Phi) is 5.25. The molecule has 1 aromatic heterocycles. The van der Waals surface area contributed by atoms with Gasteiger partial charge in [-0.15, -0.1) is 5.10 Å². The van der Waals surface area contributed by atoms with E-state index in [2.05, 4.69) is 10.3 Å². The number of hydrogen-bond acceptors (Lipinski definition) is 6. The summed E-state index contributed by atoms with van der Waals surface area (Å²) >= 11 is 0. The summed E-state index contributed by atoms with van der Waals surface area (Å²) in [7, 11) is -2.28. The number of carbonyl (C=O) groups excluding carboxylic acids is 1. The molecule has 0 spiro atoms. The van der Waals surface area contributed by atoms with Crippen molar-refractivity contribution >= 4 is 26.8 Å². The molecule has 0 aliphatic heterocycles. The number of benzene rings is 2. The zero-order valence-corrected chi connectivity index (χ0v) is 16.1. The summed E-state index contributed by atoms with van der Waals surface area (Å²) in [5.41, 5.74) is 0.647. The number of likely N-dealkylation sites (N-methyl/N-ethyl adjacent to an activating group) is 1. The van der Waals surface area contributed by atoms with E-state index >= 15 is 0 Å². The second-order valence-corrected chi connectivity index (χ2v) is 7.93. The van der Waals surface area contributed by atoms with Crippen molar-refractivity contribution in [3.05, 3.63) is 64.4 Å². The van der Waals surface area contributed by atoms with E-state index in [4.69, 9.17) is 5.14 Å². The second-order valence-electron chi connectivity index (χ2n) is 6.37. The van der Waals surface area contributed by atoms with E-state index in [9.17, 15) is 18.0 Å². The van der Waals surface area contributed by atoms with Gasteiger partial charge in [0.2, 0.25) is 15.9 Å². The van der Waals surface area contributed by atoms with Crippen LogP contribution in [-0.2, 0) is 21.4 Å². The number of nitrogens with zero attached hydrogens (tertiary/aromatic N) is 4. The number of fused-ring (bicyclic) bond motifs is 1. The quantitative estimate of drug-likeness (QED) is 0.669. The molecule has 0 saturated carbocycles. The summed E-state index contributed by atoms with van der Waals surface area (Å²) in [5.74, 6) is -0.375. The van der Waals surface area contributed by atoms with Crippen molar-refractivity contribution in [2.24, 2.45) is 5.14 Å². The Morgan fingerprint density at radius 2 is 1.93 bits per heavy atom. The van der Waals surface area contributed by atoms with E-state index in [1.54, 1.807) is 50.4 Å². The van der Waals surface area contributed by atoms with E-state index in [0.29, 0.717) is 16.5 Å². The van der Waals surface area contributed by atoms with Crippen molar-refractivity contribution in [1.82, 2.24) is 19.9 Å². The number of carbonyl (C=O) groups is 1. The molecule has 3 aromatic rings. The Labute approximate surface area is 161 Å². The highest BCUT2D eigenvalue weighted by Crippen LogP contribution is 2.21. The smallest absolute Gasteiger partial charge is 0.278 e. The number of sulfonamides is 1. The van der Waals surface area contributed by atoms with Crippen LogP contribution < -0.4 is 10.7 Å². The first-order valence-corrected chi connectivity index (χ1v) is 9.94. The molecule has 0 aliphatic carbocycles. The zero-order chi connectivity index (χ0) is 20.5. The molecule has 1 amide bonds. The summed E-state index contributed by atoms with van der Waals surface area (Å²) in [4.78, 5) is 26.5. The van der Waals surface area contributed by atoms with E-state index in [1.807, 2.05) is 0 Å². The van der Waals surface area contributed by atoms with Crippen molar-refractivity contribution < 1.29 is 13.2 Å². The maximum atomic E-state index is 12.7. The summed E-state index contributed by atoms with van der Waals surface area (Å²) in [6.07, 6.45) is 0. The monoisotopic (exact) mass is 401 g/mol. The SMILES string of the molecule is CC(c1cccc(S(N)(=O)=O)c1)N(C)C(=O)Cn1nnc2ccccc2c1=O. The number of hydrogen-bond donors (Lipinski definition) is 1. The first-order chi connectivity index (χ1) is 13.2. The van der Waals surface area contributed by atoms with Crippen molar-refractivity contribution in [3.63, 3.8) is 0 Å². The molecule has 0 radical (unpaired) electrons. The maximum Gasteiger partial charge on any atom is 0.278 e. The molecule has 0 fully saturated rings. The highest BCUT2D eigenvalue weighted by molar-refractivity contribution is 7.89. The molecule has 10 heteroatoms. The summed E-state index contributed by atoms with van der Waals surface area (Å²) in [6.45, 7) is 1.46. The molecule has 1 unspecified atom stereocenters. The van der Waals surface area contributed by atoms with Gasteiger partial charge in [0, 0.05) is 7.05 Å². The van der Waals surface area contributed by atoms with Gasteiger partial charge in [0.15, 0.2) is 0 Å². The first-order valence-electron chi connectivity index (χ1n) is 8.39. The number of rotatable bonds is 5. The van der Waals surface area contributed by atoms with Gasteiger partial charge in [0.05, 0.1) is 16.3 Å². The van der Waals surface area contributed by atoms with E-state index in [-0.39, 0.29) is 17.3 Å². The molecule has 0 saturated heterocycles. The third-order valence-corrected chi connectivity index (χ3v) is 5.47. The van der Waals surface area contributed by atoms with Gasteiger partial charge < -0.3 is 4.90 Å². The Morgan fingerprint density at radius 3 is 2.64 bits per heavy atom. The Morgan fingerprint density at radius 1 is 1.21 bits per heavy atom. The lowest BCUT2D eigenvalue weighted by molar-refractivity contribution is -0.132. The fraction of sp³-hybridized carbons (Fsp3) is 0.222. The summed E-state index contributed by atoms with van der Waals surface area (Å²) in [5, 5.41) is 13.3. The largest absolute Gasteiger partial charge is 0.337 e. The second kappa shape index (κ2) is 7.49. The molecule has 0 aliphatic rings. The van der Waals surface area contributed by atoms with E-state index in [0.717, 1.165) is 4.68 Å². The van der Waals surface area contributed by atoms with Gasteiger partial charge in [-0.3, -0.25) is 9.59 Å². The molecule has 3 rings (SSSR count). The van der Waals surface area contributed by atoms with Crippen LogP contribution in [0.4, 0.5) is 0 Å². The fourth-order valence-corrected chi connectivity index (χ4v) is 3.33. The predicted molar refractivity (Wildman–Crippen MR) is 103 cm³/mol. The van der Waals surface area contributed by atoms with E-state index < -0.39 is 21.6 Å². The highest BCUT2D eigenvalue weighted by Gasteiger charge is 2.20. The van der Waals surface area contributed by atoms with Crippen LogP contribution in [0.3, 0.4) is 0 Å². The zero-order valence-electron chi connectivity index (χ0n) is 15.3. The van der Waals surface area contributed by atoms with Crippen LogP contribution in [0.25, 0.3) is 10.9 Å². The first kappa shape index (κ1) is 19.6. The Bertz CT molecular complexity index is 1210. The minimum atomic E-state index is -3.85. The molecular formula is C18H19N5O4S. The molecule has 9 nitrogen and oxygen atoms in total. The Hall–Kier alpha value is -3.11. The van der Waals surface area contributed by atoms with Gasteiger partial charge in [-0.25, -0.2) is 18.2 Å². The lowest BCUT2D eigenvalue weighted by atomic mass is 10.1. The lowest BCUT2D eigenvalue weighted by Gasteiger charge is -2.25. The molecule has 28 heavy (non-hydrogen) atoms. The van der Waals surface area contributed by atoms with Crippen LogP contribution in [-0.4, -0.2) is 41.3 Å². The van der Waals surface area contributed by atoms with Gasteiger partial charge in [-0.05, 0) is 36.8 Å². The third-order valence-electron chi connectivity index (χ3n) is 4.56. The molecular weight excluding hydrogens is 382 g/mol. The van der Waals surface area contributed by atoms with Crippen molar-refractivity contribution in [2.75, 3.05) is 7.05 Å². The summed E-state index contributed by atoms with van der Waals surface area (Å²) < 4.78 is 24.1.